The van der Waals surface area contributed by atoms with E-state index in [1.54, 1.807) is 33.0 Å². The van der Waals surface area contributed by atoms with Crippen LogP contribution in [0.5, 0.6) is 0 Å². The summed E-state index contributed by atoms with van der Waals surface area (Å²) in [5.41, 5.74) is 1.72. The van der Waals surface area contributed by atoms with Crippen molar-refractivity contribution in [3.63, 3.8) is 0 Å². The number of anilines is 1. The number of carbonyl (C=O) groups excluding carboxylic acids is 2. The molecular formula is C19H24N4O5. The second kappa shape index (κ2) is 7.87. The molecule has 1 fully saturated rings. The standard InChI is InChI=1S/C19H24N4O5/c1-4-28-18(24)16-12(2)21(3)19(25)20-17(16)13-7-8-14(15(11-13)23(26)27)22-9-5-6-10-22/h7-8,11,17H,4-6,9-10H2,1-3H3,(H,20,25). The Kier molecular flexibility index (Phi) is 5.53. The molecule has 2 aliphatic heterocycles. The number of urea groups is 1. The fraction of sp³-hybridized carbons (Fsp3) is 0.474. The Balaban J connectivity index is 2.07. The maximum Gasteiger partial charge on any atom is 0.338 e. The predicted molar refractivity (Wildman–Crippen MR) is 103 cm³/mol. The highest BCUT2D eigenvalue weighted by molar-refractivity contribution is 5.95. The summed E-state index contributed by atoms with van der Waals surface area (Å²) in [6, 6.07) is 3.66. The molecule has 0 aliphatic carbocycles. The molecule has 1 atom stereocenters. The third kappa shape index (κ3) is 3.51. The highest BCUT2D eigenvalue weighted by Crippen LogP contribution is 2.37. The Morgan fingerprint density at radius 2 is 2.04 bits per heavy atom. The summed E-state index contributed by atoms with van der Waals surface area (Å²) >= 11 is 0. The molecule has 9 heteroatoms. The lowest BCUT2D eigenvalue weighted by Crippen LogP contribution is -2.46. The SMILES string of the molecule is CCOC(=O)C1=C(C)N(C)C(=O)NC1c1ccc(N2CCCC2)c([N+](=O)[O-])c1. The second-order valence-corrected chi connectivity index (χ2v) is 6.86. The molecule has 0 saturated carbocycles. The van der Waals surface area contributed by atoms with Gasteiger partial charge < -0.3 is 19.9 Å². The quantitative estimate of drug-likeness (QED) is 0.472. The number of nitro benzene ring substituents is 1. The molecule has 1 aromatic rings. The van der Waals surface area contributed by atoms with Crippen LogP contribution in [-0.4, -0.2) is 48.6 Å². The summed E-state index contributed by atoms with van der Waals surface area (Å²) in [7, 11) is 1.55. The van der Waals surface area contributed by atoms with Gasteiger partial charge in [0.05, 0.1) is 23.1 Å². The van der Waals surface area contributed by atoms with Crippen molar-refractivity contribution in [3.05, 3.63) is 45.1 Å². The lowest BCUT2D eigenvalue weighted by molar-refractivity contribution is -0.384. The van der Waals surface area contributed by atoms with Crippen LogP contribution in [0.3, 0.4) is 0 Å². The molecular weight excluding hydrogens is 364 g/mol. The van der Waals surface area contributed by atoms with Gasteiger partial charge in [0.1, 0.15) is 5.69 Å². The van der Waals surface area contributed by atoms with Gasteiger partial charge >= 0.3 is 12.0 Å². The van der Waals surface area contributed by atoms with E-state index in [4.69, 9.17) is 4.74 Å². The summed E-state index contributed by atoms with van der Waals surface area (Å²) in [5.74, 6) is -0.553. The van der Waals surface area contributed by atoms with Crippen LogP contribution in [0.1, 0.15) is 38.3 Å². The van der Waals surface area contributed by atoms with E-state index >= 15 is 0 Å². The first kappa shape index (κ1) is 19.7. The predicted octanol–water partition coefficient (Wildman–Crippen LogP) is 2.73. The lowest BCUT2D eigenvalue weighted by atomic mass is 9.94. The molecule has 0 spiro atoms. The van der Waals surface area contributed by atoms with Crippen LogP contribution >= 0.6 is 0 Å². The van der Waals surface area contributed by atoms with Crippen LogP contribution in [0, 0.1) is 10.1 Å². The number of rotatable bonds is 5. The summed E-state index contributed by atoms with van der Waals surface area (Å²) < 4.78 is 5.15. The Morgan fingerprint density at radius 3 is 2.64 bits per heavy atom. The normalized spacial score (nSPS) is 19.7. The Bertz CT molecular complexity index is 845. The average Bonchev–Trinajstić information content (AvgIpc) is 3.20. The van der Waals surface area contributed by atoms with Crippen molar-refractivity contribution in [3.8, 4) is 0 Å². The first-order chi connectivity index (χ1) is 13.3. The fourth-order valence-corrected chi connectivity index (χ4v) is 3.65. The van der Waals surface area contributed by atoms with Gasteiger partial charge in [0.2, 0.25) is 0 Å². The minimum absolute atomic E-state index is 0.0339. The Labute approximate surface area is 163 Å². The molecule has 0 radical (unpaired) electrons. The molecule has 2 heterocycles. The molecule has 28 heavy (non-hydrogen) atoms. The third-order valence-electron chi connectivity index (χ3n) is 5.23. The fourth-order valence-electron chi connectivity index (χ4n) is 3.65. The second-order valence-electron chi connectivity index (χ2n) is 6.86. The first-order valence-corrected chi connectivity index (χ1v) is 9.30. The van der Waals surface area contributed by atoms with E-state index < -0.39 is 16.9 Å². The minimum Gasteiger partial charge on any atom is -0.463 e. The summed E-state index contributed by atoms with van der Waals surface area (Å²) in [6.07, 6.45) is 2.00. The van der Waals surface area contributed by atoms with Crippen molar-refractivity contribution >= 4 is 23.4 Å². The van der Waals surface area contributed by atoms with Gasteiger partial charge in [-0.2, -0.15) is 0 Å². The number of carbonyl (C=O) groups is 2. The highest BCUT2D eigenvalue weighted by Gasteiger charge is 2.36. The van der Waals surface area contributed by atoms with Gasteiger partial charge in [0, 0.05) is 31.9 Å². The zero-order valence-corrected chi connectivity index (χ0v) is 16.2. The zero-order chi connectivity index (χ0) is 20.4. The third-order valence-corrected chi connectivity index (χ3v) is 5.23. The number of nitrogens with zero attached hydrogens (tertiary/aromatic N) is 3. The number of nitro groups is 1. The van der Waals surface area contributed by atoms with E-state index in [0.29, 0.717) is 16.9 Å². The molecule has 0 aromatic heterocycles. The van der Waals surface area contributed by atoms with Gasteiger partial charge in [-0.05, 0) is 38.3 Å². The van der Waals surface area contributed by atoms with E-state index in [-0.39, 0.29) is 23.9 Å². The van der Waals surface area contributed by atoms with Gasteiger partial charge in [-0.3, -0.25) is 10.1 Å². The van der Waals surface area contributed by atoms with Crippen molar-refractivity contribution < 1.29 is 19.2 Å². The van der Waals surface area contributed by atoms with Crippen molar-refractivity contribution in [1.29, 1.82) is 0 Å². The monoisotopic (exact) mass is 388 g/mol. The number of amides is 2. The van der Waals surface area contributed by atoms with Crippen molar-refractivity contribution in [2.75, 3.05) is 31.6 Å². The van der Waals surface area contributed by atoms with E-state index in [0.717, 1.165) is 25.9 Å². The molecule has 2 aliphatic rings. The maximum absolute atomic E-state index is 12.5. The molecule has 2 amide bonds. The molecule has 150 valence electrons. The number of hydrogen-bond donors (Lipinski definition) is 1. The highest BCUT2D eigenvalue weighted by atomic mass is 16.6. The molecule has 1 saturated heterocycles. The molecule has 9 nitrogen and oxygen atoms in total. The minimum atomic E-state index is -0.811. The van der Waals surface area contributed by atoms with Crippen LogP contribution in [0.4, 0.5) is 16.2 Å². The molecule has 1 N–H and O–H groups in total. The van der Waals surface area contributed by atoms with Crippen LogP contribution in [0.15, 0.2) is 29.5 Å². The smallest absolute Gasteiger partial charge is 0.338 e. The van der Waals surface area contributed by atoms with E-state index in [1.165, 1.54) is 11.0 Å². The maximum atomic E-state index is 12.5. The van der Waals surface area contributed by atoms with Gasteiger partial charge in [-0.15, -0.1) is 0 Å². The summed E-state index contributed by atoms with van der Waals surface area (Å²) in [5, 5.41) is 14.4. The summed E-state index contributed by atoms with van der Waals surface area (Å²) in [6.45, 7) is 5.10. The van der Waals surface area contributed by atoms with Crippen molar-refractivity contribution in [2.24, 2.45) is 0 Å². The largest absolute Gasteiger partial charge is 0.463 e. The molecule has 1 unspecified atom stereocenters. The topological polar surface area (TPSA) is 105 Å². The average molecular weight is 388 g/mol. The zero-order valence-electron chi connectivity index (χ0n) is 16.2. The first-order valence-electron chi connectivity index (χ1n) is 9.30. The number of hydrogen-bond acceptors (Lipinski definition) is 6. The van der Waals surface area contributed by atoms with Gasteiger partial charge in [-0.1, -0.05) is 6.07 Å². The van der Waals surface area contributed by atoms with Crippen LogP contribution in [0.2, 0.25) is 0 Å². The van der Waals surface area contributed by atoms with Gasteiger partial charge in [0.25, 0.3) is 5.69 Å². The van der Waals surface area contributed by atoms with Gasteiger partial charge in [-0.25, -0.2) is 9.59 Å². The van der Waals surface area contributed by atoms with Gasteiger partial charge in [0.15, 0.2) is 0 Å². The van der Waals surface area contributed by atoms with Crippen molar-refractivity contribution in [2.45, 2.75) is 32.7 Å². The Hall–Kier alpha value is -3.10. The van der Waals surface area contributed by atoms with E-state index in [2.05, 4.69) is 5.32 Å². The molecule has 1 aromatic carbocycles. The number of allylic oxidation sites excluding steroid dienone is 1. The van der Waals surface area contributed by atoms with E-state index in [9.17, 15) is 19.7 Å². The number of esters is 1. The van der Waals surface area contributed by atoms with E-state index in [1.807, 2.05) is 4.90 Å². The molecule has 0 bridgehead atoms. The summed E-state index contributed by atoms with van der Waals surface area (Å²) in [4.78, 5) is 39.4. The number of ether oxygens (including phenoxy) is 1. The van der Waals surface area contributed by atoms with Crippen LogP contribution < -0.4 is 10.2 Å². The lowest BCUT2D eigenvalue weighted by Gasteiger charge is -2.33. The number of nitrogens with one attached hydrogen (secondary N) is 1. The van der Waals surface area contributed by atoms with Crippen LogP contribution in [0.25, 0.3) is 0 Å². The van der Waals surface area contributed by atoms with Crippen molar-refractivity contribution in [1.82, 2.24) is 10.2 Å². The number of benzene rings is 1. The van der Waals surface area contributed by atoms with Crippen LogP contribution in [-0.2, 0) is 9.53 Å². The Morgan fingerprint density at radius 1 is 1.36 bits per heavy atom. The molecule has 3 rings (SSSR count).